The van der Waals surface area contributed by atoms with Crippen LogP contribution in [0.5, 0.6) is 0 Å². The molecule has 13 heavy (non-hydrogen) atoms. The van der Waals surface area contributed by atoms with Gasteiger partial charge < -0.3 is 10.1 Å². The summed E-state index contributed by atoms with van der Waals surface area (Å²) in [6.45, 7) is 5.67. The van der Waals surface area contributed by atoms with Crippen LogP contribution in [0.4, 0.5) is 0 Å². The molecule has 0 radical (unpaired) electrons. The van der Waals surface area contributed by atoms with E-state index in [9.17, 15) is 8.42 Å². The van der Waals surface area contributed by atoms with E-state index in [1.807, 2.05) is 13.8 Å². The van der Waals surface area contributed by atoms with Gasteiger partial charge >= 0.3 is 0 Å². The van der Waals surface area contributed by atoms with Gasteiger partial charge in [0.05, 0.1) is 12.4 Å². The largest absolute Gasteiger partial charge is 0.380 e. The lowest BCUT2D eigenvalue weighted by molar-refractivity contribution is 0.128. The van der Waals surface area contributed by atoms with Crippen LogP contribution in [0.15, 0.2) is 0 Å². The summed E-state index contributed by atoms with van der Waals surface area (Å²) in [7, 11) is -2.92. The monoisotopic (exact) mass is 209 g/mol. The van der Waals surface area contributed by atoms with Crippen LogP contribution in [0.25, 0.3) is 0 Å². The van der Waals surface area contributed by atoms with Gasteiger partial charge in [-0.05, 0) is 13.5 Å². The van der Waals surface area contributed by atoms with Crippen molar-refractivity contribution in [1.29, 1.82) is 0 Å². The molecule has 0 fully saturated rings. The predicted octanol–water partition coefficient (Wildman–Crippen LogP) is 0.0456. The summed E-state index contributed by atoms with van der Waals surface area (Å²) in [6, 6.07) is -0.0834. The molecule has 0 aliphatic carbocycles. The second kappa shape index (κ2) is 6.34. The van der Waals surface area contributed by atoms with Crippen molar-refractivity contribution < 1.29 is 13.2 Å². The van der Waals surface area contributed by atoms with E-state index in [0.29, 0.717) is 13.2 Å². The maximum atomic E-state index is 11.0. The van der Waals surface area contributed by atoms with Crippen LogP contribution in [0, 0.1) is 0 Å². The third-order valence-corrected chi connectivity index (χ3v) is 2.53. The number of rotatable bonds is 7. The number of ether oxygens (including phenoxy) is 1. The number of hydrogen-bond acceptors (Lipinski definition) is 4. The second-order valence-electron chi connectivity index (χ2n) is 3.01. The highest BCUT2D eigenvalue weighted by atomic mass is 32.2. The first kappa shape index (κ1) is 12.9. The Bertz CT molecular complexity index is 213. The van der Waals surface area contributed by atoms with E-state index in [2.05, 4.69) is 5.32 Å². The van der Waals surface area contributed by atoms with E-state index in [4.69, 9.17) is 4.74 Å². The van der Waals surface area contributed by atoms with Crippen LogP contribution in [-0.2, 0) is 14.6 Å². The Balaban J connectivity index is 3.94. The van der Waals surface area contributed by atoms with E-state index in [1.165, 1.54) is 6.26 Å². The molecule has 0 spiro atoms. The van der Waals surface area contributed by atoms with Crippen LogP contribution in [-0.4, -0.2) is 46.2 Å². The van der Waals surface area contributed by atoms with Crippen molar-refractivity contribution in [2.75, 3.05) is 31.8 Å². The Morgan fingerprint density at radius 2 is 2.00 bits per heavy atom. The third kappa shape index (κ3) is 8.21. The van der Waals surface area contributed by atoms with Crippen molar-refractivity contribution in [2.45, 2.75) is 19.9 Å². The summed E-state index contributed by atoms with van der Waals surface area (Å²) < 4.78 is 27.1. The number of nitrogens with one attached hydrogen (secondary N) is 1. The Kier molecular flexibility index (Phi) is 6.28. The average Bonchev–Trinajstić information content (AvgIpc) is 1.98. The molecule has 0 aliphatic heterocycles. The van der Waals surface area contributed by atoms with E-state index >= 15 is 0 Å². The lowest BCUT2D eigenvalue weighted by Crippen LogP contribution is -2.39. The van der Waals surface area contributed by atoms with Gasteiger partial charge in [-0.3, -0.25) is 0 Å². The molecule has 80 valence electrons. The zero-order chi connectivity index (χ0) is 10.3. The highest BCUT2D eigenvalue weighted by Crippen LogP contribution is 1.92. The van der Waals surface area contributed by atoms with Gasteiger partial charge in [0.25, 0.3) is 0 Å². The molecule has 1 atom stereocenters. The topological polar surface area (TPSA) is 55.4 Å². The van der Waals surface area contributed by atoms with Gasteiger partial charge in [0, 0.05) is 18.9 Å². The van der Waals surface area contributed by atoms with Gasteiger partial charge in [-0.15, -0.1) is 0 Å². The summed E-state index contributed by atoms with van der Waals surface area (Å²) in [5.74, 6) is 0.140. The highest BCUT2D eigenvalue weighted by Gasteiger charge is 2.13. The lowest BCUT2D eigenvalue weighted by Gasteiger charge is -2.16. The standard InChI is InChI=1S/C8H19NO3S/c1-4-9-8(6-12-5-2)7-13(3,10)11/h8-9H,4-7H2,1-3H3. The van der Waals surface area contributed by atoms with Gasteiger partial charge in [0.15, 0.2) is 0 Å². The van der Waals surface area contributed by atoms with Crippen LogP contribution in [0.1, 0.15) is 13.8 Å². The molecule has 0 aliphatic rings. The molecule has 0 aromatic heterocycles. The van der Waals surface area contributed by atoms with Crippen molar-refractivity contribution in [3.05, 3.63) is 0 Å². The number of hydrogen-bond donors (Lipinski definition) is 1. The van der Waals surface area contributed by atoms with E-state index in [-0.39, 0.29) is 11.8 Å². The van der Waals surface area contributed by atoms with E-state index < -0.39 is 9.84 Å². The maximum Gasteiger partial charge on any atom is 0.149 e. The summed E-state index contributed by atoms with van der Waals surface area (Å²) >= 11 is 0. The molecule has 0 saturated heterocycles. The van der Waals surface area contributed by atoms with Gasteiger partial charge in [0.1, 0.15) is 9.84 Å². The molecule has 4 nitrogen and oxygen atoms in total. The maximum absolute atomic E-state index is 11.0. The van der Waals surface area contributed by atoms with Gasteiger partial charge in [-0.1, -0.05) is 6.92 Å². The van der Waals surface area contributed by atoms with Crippen molar-refractivity contribution >= 4 is 9.84 Å². The molecule has 1 N–H and O–H groups in total. The molecular weight excluding hydrogens is 190 g/mol. The Labute approximate surface area is 80.6 Å². The molecule has 1 unspecified atom stereocenters. The summed E-state index contributed by atoms with van der Waals surface area (Å²) in [6.07, 6.45) is 1.24. The first-order chi connectivity index (χ1) is 5.99. The summed E-state index contributed by atoms with van der Waals surface area (Å²) in [5, 5.41) is 3.07. The fourth-order valence-corrected chi connectivity index (χ4v) is 2.03. The minimum absolute atomic E-state index is 0.0834. The second-order valence-corrected chi connectivity index (χ2v) is 5.19. The predicted molar refractivity (Wildman–Crippen MR) is 53.7 cm³/mol. The molecule has 0 amide bonds. The van der Waals surface area contributed by atoms with E-state index in [1.54, 1.807) is 0 Å². The molecule has 0 aromatic rings. The zero-order valence-corrected chi connectivity index (χ0v) is 9.36. The summed E-state index contributed by atoms with van der Waals surface area (Å²) in [4.78, 5) is 0. The zero-order valence-electron chi connectivity index (χ0n) is 8.54. The average molecular weight is 209 g/mol. The van der Waals surface area contributed by atoms with Gasteiger partial charge in [-0.25, -0.2) is 8.42 Å². The molecule has 0 aromatic carbocycles. The Morgan fingerprint density at radius 1 is 1.38 bits per heavy atom. The van der Waals surface area contributed by atoms with Crippen molar-refractivity contribution in [2.24, 2.45) is 0 Å². The van der Waals surface area contributed by atoms with Crippen LogP contribution in [0.3, 0.4) is 0 Å². The smallest absolute Gasteiger partial charge is 0.149 e. The van der Waals surface area contributed by atoms with Gasteiger partial charge in [0.2, 0.25) is 0 Å². The van der Waals surface area contributed by atoms with Crippen molar-refractivity contribution in [1.82, 2.24) is 5.32 Å². The quantitative estimate of drug-likeness (QED) is 0.643. The van der Waals surface area contributed by atoms with Crippen LogP contribution < -0.4 is 5.32 Å². The SMILES string of the molecule is CCNC(COCC)CS(C)(=O)=O. The fraction of sp³-hybridized carbons (Fsp3) is 1.00. The number of likely N-dealkylation sites (N-methyl/N-ethyl adjacent to an activating group) is 1. The molecule has 0 saturated carbocycles. The Hall–Kier alpha value is -0.130. The van der Waals surface area contributed by atoms with Crippen molar-refractivity contribution in [3.8, 4) is 0 Å². The number of sulfone groups is 1. The third-order valence-electron chi connectivity index (χ3n) is 1.52. The minimum atomic E-state index is -2.92. The van der Waals surface area contributed by atoms with Gasteiger partial charge in [-0.2, -0.15) is 0 Å². The van der Waals surface area contributed by atoms with E-state index in [0.717, 1.165) is 6.54 Å². The molecule has 0 rings (SSSR count). The van der Waals surface area contributed by atoms with Crippen molar-refractivity contribution in [3.63, 3.8) is 0 Å². The lowest BCUT2D eigenvalue weighted by atomic mass is 10.3. The highest BCUT2D eigenvalue weighted by molar-refractivity contribution is 7.90. The molecule has 0 bridgehead atoms. The molecule has 0 heterocycles. The first-order valence-electron chi connectivity index (χ1n) is 4.48. The summed E-state index contributed by atoms with van der Waals surface area (Å²) in [5.41, 5.74) is 0. The van der Waals surface area contributed by atoms with Crippen LogP contribution >= 0.6 is 0 Å². The fourth-order valence-electron chi connectivity index (χ4n) is 1.08. The van der Waals surface area contributed by atoms with Crippen LogP contribution in [0.2, 0.25) is 0 Å². The Morgan fingerprint density at radius 3 is 2.38 bits per heavy atom. The first-order valence-corrected chi connectivity index (χ1v) is 6.54. The molecule has 5 heteroatoms. The molecular formula is C8H19NO3S. The minimum Gasteiger partial charge on any atom is -0.380 e. The normalized spacial score (nSPS) is 14.4.